The summed E-state index contributed by atoms with van der Waals surface area (Å²) in [5.41, 5.74) is 2.09. The van der Waals surface area contributed by atoms with Gasteiger partial charge >= 0.3 is 0 Å². The Bertz CT molecular complexity index is 525. The minimum absolute atomic E-state index is 0.577. The first-order valence-electron chi connectivity index (χ1n) is 6.00. The van der Waals surface area contributed by atoms with Gasteiger partial charge < -0.3 is 9.73 Å². The maximum Gasteiger partial charge on any atom is 0.248 e. The van der Waals surface area contributed by atoms with E-state index < -0.39 is 0 Å². The van der Waals surface area contributed by atoms with Crippen LogP contribution in [0.15, 0.2) is 27.1 Å². The zero-order valence-electron chi connectivity index (χ0n) is 10.5. The van der Waals surface area contributed by atoms with Crippen LogP contribution in [-0.2, 0) is 6.54 Å². The van der Waals surface area contributed by atoms with Gasteiger partial charge in [-0.3, -0.25) is 0 Å². The van der Waals surface area contributed by atoms with Crippen LogP contribution in [0.2, 0.25) is 0 Å². The summed E-state index contributed by atoms with van der Waals surface area (Å²) in [4.78, 5) is 0. The Kier molecular flexibility index (Phi) is 4.49. The molecule has 0 fully saturated rings. The molecule has 1 aromatic heterocycles. The topological polar surface area (TPSA) is 51.0 Å². The van der Waals surface area contributed by atoms with Crippen LogP contribution in [0.25, 0.3) is 11.5 Å². The molecule has 0 saturated heterocycles. The third-order valence-electron chi connectivity index (χ3n) is 2.59. The largest absolute Gasteiger partial charge is 0.419 e. The van der Waals surface area contributed by atoms with Gasteiger partial charge in [0.2, 0.25) is 11.8 Å². The first-order valence-corrected chi connectivity index (χ1v) is 6.79. The number of rotatable bonds is 5. The predicted octanol–water partition coefficient (Wildman–Crippen LogP) is 3.31. The van der Waals surface area contributed by atoms with Crippen molar-refractivity contribution < 1.29 is 4.42 Å². The summed E-state index contributed by atoms with van der Waals surface area (Å²) < 4.78 is 6.69. The molecule has 0 saturated carbocycles. The molecule has 0 aliphatic rings. The second-order valence-corrected chi connectivity index (χ2v) is 5.05. The van der Waals surface area contributed by atoms with E-state index in [0.29, 0.717) is 18.3 Å². The highest BCUT2D eigenvalue weighted by molar-refractivity contribution is 9.10. The number of halogens is 1. The van der Waals surface area contributed by atoms with Gasteiger partial charge in [-0.25, -0.2) is 0 Å². The van der Waals surface area contributed by atoms with Crippen molar-refractivity contribution >= 4 is 15.9 Å². The molecule has 4 nitrogen and oxygen atoms in total. The highest BCUT2D eigenvalue weighted by Gasteiger charge is 2.10. The normalized spacial score (nSPS) is 10.8. The highest BCUT2D eigenvalue weighted by atomic mass is 79.9. The SMILES string of the molecule is CCCNCc1nnc(-c2ccc(Br)cc2C)o1. The van der Waals surface area contributed by atoms with Crippen molar-refractivity contribution in [1.29, 1.82) is 0 Å². The van der Waals surface area contributed by atoms with Crippen LogP contribution in [0, 0.1) is 6.92 Å². The number of aromatic nitrogens is 2. The van der Waals surface area contributed by atoms with E-state index in [1.165, 1.54) is 0 Å². The average Bonchev–Trinajstić information content (AvgIpc) is 2.78. The van der Waals surface area contributed by atoms with E-state index in [1.807, 2.05) is 25.1 Å². The smallest absolute Gasteiger partial charge is 0.248 e. The number of hydrogen-bond donors (Lipinski definition) is 1. The fourth-order valence-electron chi connectivity index (χ4n) is 1.67. The summed E-state index contributed by atoms with van der Waals surface area (Å²) >= 11 is 3.44. The molecule has 0 aliphatic carbocycles. The maximum atomic E-state index is 5.64. The van der Waals surface area contributed by atoms with E-state index in [2.05, 4.69) is 38.4 Å². The average molecular weight is 310 g/mol. The molecule has 5 heteroatoms. The molecule has 96 valence electrons. The molecule has 2 rings (SSSR count). The number of nitrogens with zero attached hydrogens (tertiary/aromatic N) is 2. The Morgan fingerprint density at radius 1 is 1.33 bits per heavy atom. The van der Waals surface area contributed by atoms with Crippen LogP contribution in [0.4, 0.5) is 0 Å². The molecular weight excluding hydrogens is 294 g/mol. The van der Waals surface area contributed by atoms with Gasteiger partial charge in [0, 0.05) is 10.0 Å². The third kappa shape index (κ3) is 3.17. The molecule has 0 bridgehead atoms. The fourth-order valence-corrected chi connectivity index (χ4v) is 2.15. The molecule has 1 N–H and O–H groups in total. The minimum atomic E-state index is 0.577. The molecule has 2 aromatic rings. The molecule has 18 heavy (non-hydrogen) atoms. The van der Waals surface area contributed by atoms with Gasteiger partial charge in [-0.1, -0.05) is 22.9 Å². The zero-order chi connectivity index (χ0) is 13.0. The Balaban J connectivity index is 2.13. The number of aryl methyl sites for hydroxylation is 1. The van der Waals surface area contributed by atoms with Crippen LogP contribution >= 0.6 is 15.9 Å². The summed E-state index contributed by atoms with van der Waals surface area (Å²) in [6, 6.07) is 5.99. The van der Waals surface area contributed by atoms with Crippen molar-refractivity contribution in [2.45, 2.75) is 26.8 Å². The van der Waals surface area contributed by atoms with Gasteiger partial charge in [0.1, 0.15) is 0 Å². The van der Waals surface area contributed by atoms with Crippen molar-refractivity contribution in [3.63, 3.8) is 0 Å². The van der Waals surface area contributed by atoms with E-state index in [9.17, 15) is 0 Å². The molecule has 0 radical (unpaired) electrons. The second kappa shape index (κ2) is 6.11. The summed E-state index contributed by atoms with van der Waals surface area (Å²) in [7, 11) is 0. The molecule has 1 aromatic carbocycles. The molecule has 0 amide bonds. The molecule has 0 spiro atoms. The van der Waals surface area contributed by atoms with Crippen molar-refractivity contribution in [3.8, 4) is 11.5 Å². The highest BCUT2D eigenvalue weighted by Crippen LogP contribution is 2.24. The van der Waals surface area contributed by atoms with Crippen LogP contribution < -0.4 is 5.32 Å². The predicted molar refractivity (Wildman–Crippen MR) is 74.2 cm³/mol. The maximum absolute atomic E-state index is 5.64. The van der Waals surface area contributed by atoms with Gasteiger partial charge in [0.15, 0.2) is 0 Å². The molecule has 0 atom stereocenters. The lowest BCUT2D eigenvalue weighted by atomic mass is 10.1. The zero-order valence-corrected chi connectivity index (χ0v) is 12.1. The number of nitrogens with one attached hydrogen (secondary N) is 1. The van der Waals surface area contributed by atoms with E-state index in [1.54, 1.807) is 0 Å². The summed E-state index contributed by atoms with van der Waals surface area (Å²) in [5, 5.41) is 11.4. The minimum Gasteiger partial charge on any atom is -0.419 e. The standard InChI is InChI=1S/C13H16BrN3O/c1-3-6-15-8-12-16-17-13(18-12)11-5-4-10(14)7-9(11)2/h4-5,7,15H,3,6,8H2,1-2H3. The molecule has 1 heterocycles. The van der Waals surface area contributed by atoms with Gasteiger partial charge in [-0.2, -0.15) is 0 Å². The number of hydrogen-bond acceptors (Lipinski definition) is 4. The lowest BCUT2D eigenvalue weighted by Crippen LogP contribution is -2.13. The summed E-state index contributed by atoms with van der Waals surface area (Å²) in [6.45, 7) is 5.72. The van der Waals surface area contributed by atoms with Crippen LogP contribution in [0.1, 0.15) is 24.8 Å². The Morgan fingerprint density at radius 2 is 2.17 bits per heavy atom. The third-order valence-corrected chi connectivity index (χ3v) is 3.08. The molecule has 0 aliphatic heterocycles. The second-order valence-electron chi connectivity index (χ2n) is 4.14. The quantitative estimate of drug-likeness (QED) is 0.861. The molecule has 0 unspecified atom stereocenters. The Morgan fingerprint density at radius 3 is 2.89 bits per heavy atom. The fraction of sp³-hybridized carbons (Fsp3) is 0.385. The van der Waals surface area contributed by atoms with Crippen LogP contribution in [0.5, 0.6) is 0 Å². The van der Waals surface area contributed by atoms with E-state index in [4.69, 9.17) is 4.42 Å². The summed E-state index contributed by atoms with van der Waals surface area (Å²) in [6.07, 6.45) is 1.09. The van der Waals surface area contributed by atoms with Gasteiger partial charge in [0.25, 0.3) is 0 Å². The van der Waals surface area contributed by atoms with Crippen molar-refractivity contribution in [2.75, 3.05) is 6.54 Å². The first kappa shape index (κ1) is 13.2. The Hall–Kier alpha value is -1.20. The Labute approximate surface area is 115 Å². The molecular formula is C13H16BrN3O. The van der Waals surface area contributed by atoms with Crippen molar-refractivity contribution in [1.82, 2.24) is 15.5 Å². The van der Waals surface area contributed by atoms with Crippen LogP contribution in [-0.4, -0.2) is 16.7 Å². The van der Waals surface area contributed by atoms with Crippen molar-refractivity contribution in [2.24, 2.45) is 0 Å². The van der Waals surface area contributed by atoms with Gasteiger partial charge in [-0.15, -0.1) is 10.2 Å². The van der Waals surface area contributed by atoms with E-state index in [-0.39, 0.29) is 0 Å². The van der Waals surface area contributed by atoms with E-state index >= 15 is 0 Å². The van der Waals surface area contributed by atoms with Crippen molar-refractivity contribution in [3.05, 3.63) is 34.1 Å². The van der Waals surface area contributed by atoms with Gasteiger partial charge in [-0.05, 0) is 43.7 Å². The van der Waals surface area contributed by atoms with E-state index in [0.717, 1.165) is 28.6 Å². The van der Waals surface area contributed by atoms with Gasteiger partial charge in [0.05, 0.1) is 6.54 Å². The first-order chi connectivity index (χ1) is 8.70. The lowest BCUT2D eigenvalue weighted by Gasteiger charge is -2.01. The monoisotopic (exact) mass is 309 g/mol. The number of benzene rings is 1. The van der Waals surface area contributed by atoms with Crippen LogP contribution in [0.3, 0.4) is 0 Å². The lowest BCUT2D eigenvalue weighted by molar-refractivity contribution is 0.477. The summed E-state index contributed by atoms with van der Waals surface area (Å²) in [5.74, 6) is 1.20.